The van der Waals surface area contributed by atoms with Gasteiger partial charge in [-0.3, -0.25) is 0 Å². The number of halogens is 1. The standard InChI is InChI=1S/C15H24ClNO/c1-4-12(3)17-9-6-10-18-14-7-8-15(16)13(5-2)11-14/h7-8,11-12,17H,4-6,9-10H2,1-3H3/p+1/t12-/m1/s1. The minimum absolute atomic E-state index is 0.715. The molecule has 102 valence electrons. The van der Waals surface area contributed by atoms with Gasteiger partial charge in [0.05, 0.1) is 19.2 Å². The third-order valence-corrected chi connectivity index (χ3v) is 3.60. The van der Waals surface area contributed by atoms with Crippen molar-refractivity contribution in [3.05, 3.63) is 28.8 Å². The monoisotopic (exact) mass is 270 g/mol. The SMILES string of the molecule is CCc1cc(OCCC[NH2+][C@H](C)CC)ccc1Cl. The molecule has 0 aliphatic carbocycles. The fraction of sp³-hybridized carbons (Fsp3) is 0.600. The Balaban J connectivity index is 2.27. The number of nitrogens with two attached hydrogens (primary N) is 1. The largest absolute Gasteiger partial charge is 0.493 e. The molecule has 2 nitrogen and oxygen atoms in total. The zero-order valence-corrected chi connectivity index (χ0v) is 12.5. The fourth-order valence-corrected chi connectivity index (χ4v) is 2.01. The second-order valence-electron chi connectivity index (χ2n) is 4.72. The quantitative estimate of drug-likeness (QED) is 0.722. The Morgan fingerprint density at radius 3 is 2.78 bits per heavy atom. The van der Waals surface area contributed by atoms with Gasteiger partial charge in [-0.25, -0.2) is 0 Å². The Morgan fingerprint density at radius 1 is 1.33 bits per heavy atom. The van der Waals surface area contributed by atoms with E-state index < -0.39 is 0 Å². The third-order valence-electron chi connectivity index (χ3n) is 3.23. The van der Waals surface area contributed by atoms with Gasteiger partial charge in [0.15, 0.2) is 0 Å². The molecule has 0 saturated carbocycles. The fourth-order valence-electron chi connectivity index (χ4n) is 1.75. The van der Waals surface area contributed by atoms with E-state index in [1.165, 1.54) is 6.42 Å². The second kappa shape index (κ2) is 8.39. The number of aryl methyl sites for hydroxylation is 1. The van der Waals surface area contributed by atoms with Gasteiger partial charge in [-0.2, -0.15) is 0 Å². The van der Waals surface area contributed by atoms with Crippen LogP contribution < -0.4 is 10.1 Å². The number of hydrogen-bond acceptors (Lipinski definition) is 1. The van der Waals surface area contributed by atoms with Gasteiger partial charge in [-0.15, -0.1) is 0 Å². The minimum Gasteiger partial charge on any atom is -0.493 e. The molecule has 0 aliphatic rings. The molecule has 0 saturated heterocycles. The Morgan fingerprint density at radius 2 is 2.11 bits per heavy atom. The summed E-state index contributed by atoms with van der Waals surface area (Å²) >= 11 is 6.07. The molecule has 0 amide bonds. The van der Waals surface area contributed by atoms with Crippen LogP contribution >= 0.6 is 11.6 Å². The second-order valence-corrected chi connectivity index (χ2v) is 5.13. The highest BCUT2D eigenvalue weighted by atomic mass is 35.5. The molecule has 2 N–H and O–H groups in total. The predicted octanol–water partition coefficient (Wildman–Crippen LogP) is 3.03. The molecular formula is C15H25ClNO+. The summed E-state index contributed by atoms with van der Waals surface area (Å²) in [7, 11) is 0. The molecule has 0 aromatic heterocycles. The number of hydrogen-bond donors (Lipinski definition) is 1. The van der Waals surface area contributed by atoms with E-state index in [1.807, 2.05) is 18.2 Å². The van der Waals surface area contributed by atoms with Crippen molar-refractivity contribution in [1.29, 1.82) is 0 Å². The summed E-state index contributed by atoms with van der Waals surface area (Å²) in [6.07, 6.45) is 3.24. The van der Waals surface area contributed by atoms with Crippen LogP contribution in [0.5, 0.6) is 5.75 Å². The van der Waals surface area contributed by atoms with Crippen LogP contribution in [0.4, 0.5) is 0 Å². The van der Waals surface area contributed by atoms with E-state index in [4.69, 9.17) is 16.3 Å². The lowest BCUT2D eigenvalue weighted by Crippen LogP contribution is -2.89. The molecule has 1 aromatic rings. The normalized spacial score (nSPS) is 12.4. The Bertz CT molecular complexity index is 354. The Kier molecular flexibility index (Phi) is 7.14. The first kappa shape index (κ1) is 15.3. The molecule has 0 fully saturated rings. The lowest BCUT2D eigenvalue weighted by atomic mass is 10.1. The molecule has 3 heteroatoms. The van der Waals surface area contributed by atoms with Crippen molar-refractivity contribution in [2.75, 3.05) is 13.2 Å². The van der Waals surface area contributed by atoms with Crippen LogP contribution in [0.2, 0.25) is 5.02 Å². The highest BCUT2D eigenvalue weighted by Crippen LogP contribution is 2.22. The van der Waals surface area contributed by atoms with Crippen molar-refractivity contribution in [3.8, 4) is 5.75 Å². The van der Waals surface area contributed by atoms with Crippen LogP contribution in [-0.2, 0) is 6.42 Å². The number of benzene rings is 1. The maximum absolute atomic E-state index is 6.07. The lowest BCUT2D eigenvalue weighted by molar-refractivity contribution is -0.686. The molecule has 0 radical (unpaired) electrons. The van der Waals surface area contributed by atoms with E-state index in [1.54, 1.807) is 0 Å². The Hall–Kier alpha value is -0.730. The topological polar surface area (TPSA) is 25.8 Å². The molecule has 1 atom stereocenters. The van der Waals surface area contributed by atoms with Gasteiger partial charge in [0.2, 0.25) is 0 Å². The summed E-state index contributed by atoms with van der Waals surface area (Å²) in [4.78, 5) is 0. The molecule has 0 bridgehead atoms. The minimum atomic E-state index is 0.715. The molecule has 0 heterocycles. The van der Waals surface area contributed by atoms with Crippen LogP contribution in [0.25, 0.3) is 0 Å². The van der Waals surface area contributed by atoms with Crippen LogP contribution in [0.1, 0.15) is 39.2 Å². The van der Waals surface area contributed by atoms with E-state index in [2.05, 4.69) is 26.1 Å². The average Bonchev–Trinajstić information content (AvgIpc) is 2.39. The van der Waals surface area contributed by atoms with Crippen molar-refractivity contribution in [2.24, 2.45) is 0 Å². The summed E-state index contributed by atoms with van der Waals surface area (Å²) in [6, 6.07) is 6.62. The van der Waals surface area contributed by atoms with Crippen LogP contribution in [0.3, 0.4) is 0 Å². The van der Waals surface area contributed by atoms with Gasteiger partial charge in [0, 0.05) is 11.4 Å². The van der Waals surface area contributed by atoms with Gasteiger partial charge in [-0.1, -0.05) is 25.4 Å². The zero-order valence-electron chi connectivity index (χ0n) is 11.7. The van der Waals surface area contributed by atoms with Gasteiger partial charge in [0.1, 0.15) is 5.75 Å². The van der Waals surface area contributed by atoms with Gasteiger partial charge >= 0.3 is 0 Å². The van der Waals surface area contributed by atoms with Crippen LogP contribution in [0.15, 0.2) is 18.2 Å². The summed E-state index contributed by atoms with van der Waals surface area (Å²) < 4.78 is 5.74. The van der Waals surface area contributed by atoms with Crippen molar-refractivity contribution < 1.29 is 10.1 Å². The van der Waals surface area contributed by atoms with Crippen LogP contribution in [-0.4, -0.2) is 19.2 Å². The van der Waals surface area contributed by atoms with E-state index in [9.17, 15) is 0 Å². The van der Waals surface area contributed by atoms with E-state index in [0.717, 1.165) is 42.3 Å². The first-order valence-electron chi connectivity index (χ1n) is 6.91. The van der Waals surface area contributed by atoms with Gasteiger partial charge in [0.25, 0.3) is 0 Å². The summed E-state index contributed by atoms with van der Waals surface area (Å²) in [5.41, 5.74) is 1.15. The smallest absolute Gasteiger partial charge is 0.119 e. The van der Waals surface area contributed by atoms with E-state index in [-0.39, 0.29) is 0 Å². The van der Waals surface area contributed by atoms with Crippen molar-refractivity contribution in [1.82, 2.24) is 0 Å². The maximum atomic E-state index is 6.07. The van der Waals surface area contributed by atoms with Gasteiger partial charge in [-0.05, 0) is 43.5 Å². The highest BCUT2D eigenvalue weighted by Gasteiger charge is 2.02. The van der Waals surface area contributed by atoms with E-state index >= 15 is 0 Å². The van der Waals surface area contributed by atoms with Crippen LogP contribution in [0, 0.1) is 0 Å². The van der Waals surface area contributed by atoms with E-state index in [0.29, 0.717) is 6.04 Å². The first-order chi connectivity index (χ1) is 8.67. The third kappa shape index (κ3) is 5.28. The molecule has 0 spiro atoms. The van der Waals surface area contributed by atoms with Gasteiger partial charge < -0.3 is 10.1 Å². The average molecular weight is 271 g/mol. The molecular weight excluding hydrogens is 246 g/mol. The van der Waals surface area contributed by atoms with Crippen molar-refractivity contribution in [2.45, 2.75) is 46.1 Å². The highest BCUT2D eigenvalue weighted by molar-refractivity contribution is 6.31. The number of rotatable bonds is 8. The summed E-state index contributed by atoms with van der Waals surface area (Å²) in [5, 5.41) is 3.21. The summed E-state index contributed by atoms with van der Waals surface area (Å²) in [6.45, 7) is 8.48. The first-order valence-corrected chi connectivity index (χ1v) is 7.29. The summed E-state index contributed by atoms with van der Waals surface area (Å²) in [5.74, 6) is 0.930. The number of ether oxygens (including phenoxy) is 1. The Labute approximate surface area is 116 Å². The molecule has 1 aromatic carbocycles. The number of quaternary nitrogens is 1. The molecule has 1 rings (SSSR count). The predicted molar refractivity (Wildman–Crippen MR) is 77.5 cm³/mol. The maximum Gasteiger partial charge on any atom is 0.119 e. The molecule has 18 heavy (non-hydrogen) atoms. The molecule has 0 unspecified atom stereocenters. The van der Waals surface area contributed by atoms with Crippen molar-refractivity contribution in [3.63, 3.8) is 0 Å². The molecule has 0 aliphatic heterocycles. The van der Waals surface area contributed by atoms with Crippen molar-refractivity contribution >= 4 is 11.6 Å². The lowest BCUT2D eigenvalue weighted by Gasteiger charge is -2.10. The zero-order chi connectivity index (χ0) is 13.4.